The summed E-state index contributed by atoms with van der Waals surface area (Å²) < 4.78 is 14.5. The van der Waals surface area contributed by atoms with Crippen molar-refractivity contribution in [2.45, 2.75) is 6.42 Å². The second kappa shape index (κ2) is 5.58. The zero-order valence-corrected chi connectivity index (χ0v) is 13.1. The number of carbonyl (C=O) groups is 1. The van der Waals surface area contributed by atoms with Crippen LogP contribution in [0.4, 0.5) is 4.39 Å². The van der Waals surface area contributed by atoms with Gasteiger partial charge in [-0.15, -0.1) is 11.3 Å². The summed E-state index contributed by atoms with van der Waals surface area (Å²) in [4.78, 5) is 11.9. The largest absolute Gasteiger partial charge is 0.294 e. The lowest BCUT2D eigenvalue weighted by atomic mass is 10.1. The van der Waals surface area contributed by atoms with E-state index in [1.54, 1.807) is 23.5 Å². The van der Waals surface area contributed by atoms with E-state index in [9.17, 15) is 9.18 Å². The Morgan fingerprint density at radius 2 is 2.18 bits per heavy atom. The fourth-order valence-corrected chi connectivity index (χ4v) is 3.17. The van der Waals surface area contributed by atoms with Crippen molar-refractivity contribution < 1.29 is 9.18 Å². The quantitative estimate of drug-likeness (QED) is 0.516. The minimum absolute atomic E-state index is 0.0580. The average Bonchev–Trinajstić information content (AvgIpc) is 2.70. The number of thiophene rings is 1. The van der Waals surface area contributed by atoms with Gasteiger partial charge in [0.2, 0.25) is 0 Å². The van der Waals surface area contributed by atoms with E-state index in [0.717, 1.165) is 14.0 Å². The van der Waals surface area contributed by atoms with Crippen LogP contribution in [0.2, 0.25) is 0 Å². The van der Waals surface area contributed by atoms with Crippen molar-refractivity contribution >= 4 is 55.6 Å². The number of rotatable bonds is 3. The van der Waals surface area contributed by atoms with Gasteiger partial charge in [0.15, 0.2) is 5.78 Å². The van der Waals surface area contributed by atoms with Gasteiger partial charge in [0.05, 0.1) is 7.36 Å². The molecule has 0 fully saturated rings. The van der Waals surface area contributed by atoms with E-state index in [1.807, 2.05) is 11.4 Å². The number of carbonyl (C=O) groups excluding carboxylic acids is 1. The van der Waals surface area contributed by atoms with Crippen molar-refractivity contribution in [3.05, 3.63) is 53.9 Å². The van der Waals surface area contributed by atoms with Crippen LogP contribution in [0.1, 0.15) is 15.9 Å². The molecule has 0 aliphatic heterocycles. The highest BCUT2D eigenvalue weighted by Crippen LogP contribution is 2.20. The number of hydrogen-bond donors (Lipinski definition) is 0. The highest BCUT2D eigenvalue weighted by Gasteiger charge is 2.10. The SMILES string of the molecule is O=C(Cc1ccc(F)c(Br)c1)c1csc(I)c1. The summed E-state index contributed by atoms with van der Waals surface area (Å²) in [5.74, 6) is -0.256. The lowest BCUT2D eigenvalue weighted by Crippen LogP contribution is -2.02. The summed E-state index contributed by atoms with van der Waals surface area (Å²) in [6, 6.07) is 6.51. The third-order valence-electron chi connectivity index (χ3n) is 2.24. The first-order valence-electron chi connectivity index (χ1n) is 4.77. The second-order valence-corrected chi connectivity index (χ2v) is 7.15. The third-order valence-corrected chi connectivity index (χ3v) is 4.63. The monoisotopic (exact) mass is 424 g/mol. The normalized spacial score (nSPS) is 10.5. The summed E-state index contributed by atoms with van der Waals surface area (Å²) in [6.07, 6.45) is 0.297. The molecule has 0 saturated carbocycles. The van der Waals surface area contributed by atoms with Gasteiger partial charge in [0.1, 0.15) is 5.82 Å². The Morgan fingerprint density at radius 1 is 1.41 bits per heavy atom. The molecular weight excluding hydrogens is 418 g/mol. The summed E-state index contributed by atoms with van der Waals surface area (Å²) in [7, 11) is 0. The van der Waals surface area contributed by atoms with E-state index in [0.29, 0.717) is 10.9 Å². The molecule has 1 nitrogen and oxygen atoms in total. The molecule has 0 bridgehead atoms. The molecule has 0 amide bonds. The maximum absolute atomic E-state index is 13.0. The van der Waals surface area contributed by atoms with Gasteiger partial charge < -0.3 is 0 Å². The van der Waals surface area contributed by atoms with Crippen LogP contribution >= 0.6 is 49.9 Å². The van der Waals surface area contributed by atoms with Crippen LogP contribution in [-0.4, -0.2) is 5.78 Å². The second-order valence-electron chi connectivity index (χ2n) is 3.49. The maximum Gasteiger partial charge on any atom is 0.168 e. The van der Waals surface area contributed by atoms with E-state index in [-0.39, 0.29) is 11.6 Å². The number of hydrogen-bond acceptors (Lipinski definition) is 2. The average molecular weight is 425 g/mol. The summed E-state index contributed by atoms with van der Waals surface area (Å²) in [5, 5.41) is 1.85. The van der Waals surface area contributed by atoms with Crippen LogP contribution in [0.25, 0.3) is 0 Å². The molecule has 0 radical (unpaired) electrons. The molecule has 0 aliphatic rings. The molecule has 88 valence electrons. The summed E-state index contributed by atoms with van der Waals surface area (Å²) in [6.45, 7) is 0. The smallest absolute Gasteiger partial charge is 0.168 e. The summed E-state index contributed by atoms with van der Waals surface area (Å²) in [5.41, 5.74) is 1.53. The Balaban J connectivity index is 2.15. The highest BCUT2D eigenvalue weighted by molar-refractivity contribution is 14.1. The molecule has 0 atom stereocenters. The fourth-order valence-electron chi connectivity index (χ4n) is 1.39. The Kier molecular flexibility index (Phi) is 4.32. The zero-order valence-electron chi connectivity index (χ0n) is 8.54. The third kappa shape index (κ3) is 3.35. The maximum atomic E-state index is 13.0. The Labute approximate surface area is 124 Å². The van der Waals surface area contributed by atoms with E-state index >= 15 is 0 Å². The molecule has 2 aromatic rings. The van der Waals surface area contributed by atoms with Crippen LogP contribution in [0.15, 0.2) is 34.1 Å². The van der Waals surface area contributed by atoms with E-state index < -0.39 is 0 Å². The van der Waals surface area contributed by atoms with Gasteiger partial charge in [-0.3, -0.25) is 4.79 Å². The van der Waals surface area contributed by atoms with Crippen molar-refractivity contribution in [1.82, 2.24) is 0 Å². The molecule has 0 aliphatic carbocycles. The minimum Gasteiger partial charge on any atom is -0.294 e. The molecule has 0 saturated heterocycles. The molecule has 0 N–H and O–H groups in total. The number of benzene rings is 1. The Bertz CT molecular complexity index is 567. The van der Waals surface area contributed by atoms with Crippen LogP contribution in [0, 0.1) is 8.70 Å². The van der Waals surface area contributed by atoms with Gasteiger partial charge in [-0.1, -0.05) is 6.07 Å². The van der Waals surface area contributed by atoms with Crippen molar-refractivity contribution in [1.29, 1.82) is 0 Å². The van der Waals surface area contributed by atoms with Crippen LogP contribution in [0.5, 0.6) is 0 Å². The van der Waals surface area contributed by atoms with Crippen molar-refractivity contribution in [3.8, 4) is 0 Å². The molecule has 1 heterocycles. The Morgan fingerprint density at radius 3 is 2.76 bits per heavy atom. The number of halogens is 3. The molecule has 2 rings (SSSR count). The van der Waals surface area contributed by atoms with Gasteiger partial charge in [-0.05, 0) is 62.3 Å². The molecule has 0 unspecified atom stereocenters. The van der Waals surface area contributed by atoms with Crippen LogP contribution in [-0.2, 0) is 6.42 Å². The molecular formula is C12H7BrFIOS. The van der Waals surface area contributed by atoms with Crippen LogP contribution in [0.3, 0.4) is 0 Å². The minimum atomic E-state index is -0.314. The van der Waals surface area contributed by atoms with Gasteiger partial charge in [-0.25, -0.2) is 4.39 Å². The molecule has 0 spiro atoms. The predicted molar refractivity (Wildman–Crippen MR) is 79.2 cm³/mol. The number of Topliss-reactive ketones (excluding diaryl/α,β-unsaturated/α-hetero) is 1. The number of ketones is 1. The van der Waals surface area contributed by atoms with Crippen molar-refractivity contribution in [2.24, 2.45) is 0 Å². The topological polar surface area (TPSA) is 17.1 Å². The summed E-state index contributed by atoms with van der Waals surface area (Å²) >= 11 is 6.84. The van der Waals surface area contributed by atoms with E-state index in [4.69, 9.17) is 0 Å². The van der Waals surface area contributed by atoms with Crippen LogP contribution < -0.4 is 0 Å². The van der Waals surface area contributed by atoms with Gasteiger partial charge in [0.25, 0.3) is 0 Å². The standard InChI is InChI=1S/C12H7BrFIOS/c13-9-3-7(1-2-10(9)14)4-11(16)8-5-12(15)17-6-8/h1-3,5-6H,4H2. The van der Waals surface area contributed by atoms with Gasteiger partial charge in [0, 0.05) is 17.4 Å². The molecule has 1 aromatic carbocycles. The first-order chi connectivity index (χ1) is 8.06. The van der Waals surface area contributed by atoms with Crippen molar-refractivity contribution in [2.75, 3.05) is 0 Å². The highest BCUT2D eigenvalue weighted by atomic mass is 127. The first-order valence-corrected chi connectivity index (χ1v) is 7.52. The van der Waals surface area contributed by atoms with Gasteiger partial charge in [-0.2, -0.15) is 0 Å². The van der Waals surface area contributed by atoms with E-state index in [1.165, 1.54) is 6.07 Å². The molecule has 1 aromatic heterocycles. The predicted octanol–water partition coefficient (Wildman–Crippen LogP) is 4.68. The van der Waals surface area contributed by atoms with E-state index in [2.05, 4.69) is 38.5 Å². The zero-order chi connectivity index (χ0) is 12.4. The lowest BCUT2D eigenvalue weighted by Gasteiger charge is -2.01. The molecule has 17 heavy (non-hydrogen) atoms. The Hall–Kier alpha value is -0.270. The van der Waals surface area contributed by atoms with Gasteiger partial charge >= 0.3 is 0 Å². The lowest BCUT2D eigenvalue weighted by molar-refractivity contribution is 0.0993. The fraction of sp³-hybridized carbons (Fsp3) is 0.0833. The first kappa shape index (κ1) is 13.2. The van der Waals surface area contributed by atoms with Crippen molar-refractivity contribution in [3.63, 3.8) is 0 Å². The molecule has 5 heteroatoms.